The van der Waals surface area contributed by atoms with E-state index in [1.54, 1.807) is 0 Å². The second-order valence-electron chi connectivity index (χ2n) is 6.72. The minimum Gasteiger partial charge on any atom is -0.379 e. The molecule has 1 saturated heterocycles. The van der Waals surface area contributed by atoms with Gasteiger partial charge in [-0.05, 0) is 30.9 Å². The minimum atomic E-state index is 0. The molecule has 4 rings (SSSR count). The number of imidazole rings is 1. The molecule has 3 atom stereocenters. The van der Waals surface area contributed by atoms with E-state index in [4.69, 9.17) is 4.74 Å². The second-order valence-corrected chi connectivity index (χ2v) is 6.72. The Morgan fingerprint density at radius 3 is 3.08 bits per heavy atom. The van der Waals surface area contributed by atoms with Crippen LogP contribution >= 0.6 is 12.4 Å². The van der Waals surface area contributed by atoms with Crippen LogP contribution in [0.3, 0.4) is 0 Å². The maximum absolute atomic E-state index is 5.65. The molecule has 2 fully saturated rings. The number of nitrogens with one attached hydrogen (secondary N) is 2. The van der Waals surface area contributed by atoms with Gasteiger partial charge < -0.3 is 19.9 Å². The smallest absolute Gasteiger partial charge is 0.0958 e. The van der Waals surface area contributed by atoms with Crippen molar-refractivity contribution in [1.29, 1.82) is 0 Å². The van der Waals surface area contributed by atoms with Gasteiger partial charge in [0.15, 0.2) is 0 Å². The van der Waals surface area contributed by atoms with Crippen LogP contribution in [0.15, 0.2) is 30.6 Å². The highest BCUT2D eigenvalue weighted by molar-refractivity contribution is 5.85. The molecule has 1 aliphatic heterocycles. The molecule has 1 aromatic carbocycles. The van der Waals surface area contributed by atoms with Gasteiger partial charge in [0.1, 0.15) is 0 Å². The molecule has 2 N–H and O–H groups in total. The van der Waals surface area contributed by atoms with Crippen LogP contribution in [0.2, 0.25) is 0 Å². The zero-order valence-electron chi connectivity index (χ0n) is 14.0. The van der Waals surface area contributed by atoms with Crippen molar-refractivity contribution in [3.05, 3.63) is 30.6 Å². The van der Waals surface area contributed by atoms with Crippen molar-refractivity contribution in [3.8, 4) is 0 Å². The van der Waals surface area contributed by atoms with Gasteiger partial charge in [0, 0.05) is 31.7 Å². The molecular weight excluding hydrogens is 324 g/mol. The SMILES string of the molecule is Cl.c1ccc2c(c1)ncn2CCNC1CCCC1C1COCCN1. The van der Waals surface area contributed by atoms with Crippen LogP contribution in [-0.4, -0.2) is 47.9 Å². The van der Waals surface area contributed by atoms with E-state index < -0.39 is 0 Å². The lowest BCUT2D eigenvalue weighted by atomic mass is 9.94. The third-order valence-electron chi connectivity index (χ3n) is 5.32. The third kappa shape index (κ3) is 3.75. The quantitative estimate of drug-likeness (QED) is 0.868. The van der Waals surface area contributed by atoms with Crippen molar-refractivity contribution in [2.24, 2.45) is 5.92 Å². The van der Waals surface area contributed by atoms with Gasteiger partial charge in [-0.2, -0.15) is 0 Å². The molecule has 0 amide bonds. The topological polar surface area (TPSA) is 51.1 Å². The summed E-state index contributed by atoms with van der Waals surface area (Å²) in [5.74, 6) is 0.704. The molecule has 0 spiro atoms. The summed E-state index contributed by atoms with van der Waals surface area (Å²) in [6.45, 7) is 4.69. The van der Waals surface area contributed by atoms with Crippen LogP contribution in [0.5, 0.6) is 0 Å². The molecule has 3 unspecified atom stereocenters. The van der Waals surface area contributed by atoms with E-state index in [1.807, 2.05) is 12.4 Å². The van der Waals surface area contributed by atoms with E-state index in [9.17, 15) is 0 Å². The van der Waals surface area contributed by atoms with Crippen molar-refractivity contribution in [2.45, 2.75) is 37.9 Å². The lowest BCUT2D eigenvalue weighted by Gasteiger charge is -2.33. The van der Waals surface area contributed by atoms with Gasteiger partial charge in [-0.1, -0.05) is 18.6 Å². The number of ether oxygens (including phenoxy) is 1. The number of hydrogen-bond acceptors (Lipinski definition) is 4. The van der Waals surface area contributed by atoms with Crippen molar-refractivity contribution < 1.29 is 4.74 Å². The fourth-order valence-electron chi connectivity index (χ4n) is 4.14. The number of morpholine rings is 1. The summed E-state index contributed by atoms with van der Waals surface area (Å²) in [7, 11) is 0. The number of fused-ring (bicyclic) bond motifs is 1. The lowest BCUT2D eigenvalue weighted by Crippen LogP contribution is -2.51. The Hall–Kier alpha value is -1.14. The number of benzene rings is 1. The van der Waals surface area contributed by atoms with Crippen LogP contribution in [0.1, 0.15) is 19.3 Å². The fourth-order valence-corrected chi connectivity index (χ4v) is 4.14. The summed E-state index contributed by atoms with van der Waals surface area (Å²) < 4.78 is 7.90. The number of halogens is 1. The van der Waals surface area contributed by atoms with Crippen molar-refractivity contribution in [3.63, 3.8) is 0 Å². The first kappa shape index (κ1) is 17.7. The molecule has 1 saturated carbocycles. The molecule has 2 heterocycles. The maximum Gasteiger partial charge on any atom is 0.0958 e. The van der Waals surface area contributed by atoms with Crippen LogP contribution < -0.4 is 10.6 Å². The zero-order chi connectivity index (χ0) is 15.5. The Morgan fingerprint density at radius 1 is 1.29 bits per heavy atom. The van der Waals surface area contributed by atoms with E-state index in [0.29, 0.717) is 18.0 Å². The molecule has 132 valence electrons. The summed E-state index contributed by atoms with van der Waals surface area (Å²) >= 11 is 0. The summed E-state index contributed by atoms with van der Waals surface area (Å²) in [6.07, 6.45) is 5.88. The number of para-hydroxylation sites is 2. The minimum absolute atomic E-state index is 0. The summed E-state index contributed by atoms with van der Waals surface area (Å²) in [6, 6.07) is 9.47. The summed E-state index contributed by atoms with van der Waals surface area (Å²) in [5, 5.41) is 7.43. The van der Waals surface area contributed by atoms with Gasteiger partial charge in [0.05, 0.1) is 30.6 Å². The highest BCUT2D eigenvalue weighted by Gasteiger charge is 2.34. The first-order chi connectivity index (χ1) is 11.4. The Balaban J connectivity index is 0.00000169. The Kier molecular flexibility index (Phi) is 6.11. The van der Waals surface area contributed by atoms with Gasteiger partial charge in [0.25, 0.3) is 0 Å². The van der Waals surface area contributed by atoms with Gasteiger partial charge in [-0.25, -0.2) is 4.98 Å². The molecule has 2 aliphatic rings. The van der Waals surface area contributed by atoms with Crippen LogP contribution in [0, 0.1) is 5.92 Å². The highest BCUT2D eigenvalue weighted by Crippen LogP contribution is 2.29. The normalized spacial score (nSPS) is 27.2. The first-order valence-corrected chi connectivity index (χ1v) is 8.86. The van der Waals surface area contributed by atoms with E-state index in [-0.39, 0.29) is 12.4 Å². The molecule has 0 bridgehead atoms. The van der Waals surface area contributed by atoms with E-state index in [1.165, 1.54) is 24.8 Å². The van der Waals surface area contributed by atoms with Gasteiger partial charge >= 0.3 is 0 Å². The molecule has 1 aromatic heterocycles. The highest BCUT2D eigenvalue weighted by atomic mass is 35.5. The van der Waals surface area contributed by atoms with Gasteiger partial charge in [0.2, 0.25) is 0 Å². The van der Waals surface area contributed by atoms with Gasteiger partial charge in [-0.15, -0.1) is 12.4 Å². The van der Waals surface area contributed by atoms with E-state index in [2.05, 4.69) is 38.4 Å². The molecule has 5 nitrogen and oxygen atoms in total. The third-order valence-corrected chi connectivity index (χ3v) is 5.32. The summed E-state index contributed by atoms with van der Waals surface area (Å²) in [4.78, 5) is 4.47. The average Bonchev–Trinajstić information content (AvgIpc) is 3.23. The first-order valence-electron chi connectivity index (χ1n) is 8.86. The lowest BCUT2D eigenvalue weighted by molar-refractivity contribution is 0.0525. The van der Waals surface area contributed by atoms with Crippen molar-refractivity contribution in [1.82, 2.24) is 20.2 Å². The number of rotatable bonds is 5. The summed E-state index contributed by atoms with van der Waals surface area (Å²) in [5.41, 5.74) is 2.30. The van der Waals surface area contributed by atoms with Crippen molar-refractivity contribution >= 4 is 23.4 Å². The zero-order valence-corrected chi connectivity index (χ0v) is 14.8. The fraction of sp³-hybridized carbons (Fsp3) is 0.611. The number of aromatic nitrogens is 2. The maximum atomic E-state index is 5.65. The predicted octanol–water partition coefficient (Wildman–Crippen LogP) is 2.20. The average molecular weight is 351 g/mol. The van der Waals surface area contributed by atoms with E-state index >= 15 is 0 Å². The molecular formula is C18H27ClN4O. The molecule has 0 radical (unpaired) electrons. The predicted molar refractivity (Wildman–Crippen MR) is 98.7 cm³/mol. The van der Waals surface area contributed by atoms with Gasteiger partial charge in [-0.3, -0.25) is 0 Å². The van der Waals surface area contributed by atoms with Crippen molar-refractivity contribution in [2.75, 3.05) is 26.3 Å². The Bertz CT molecular complexity index is 641. The van der Waals surface area contributed by atoms with Crippen LogP contribution in [0.4, 0.5) is 0 Å². The second kappa shape index (κ2) is 8.30. The molecule has 1 aliphatic carbocycles. The van der Waals surface area contributed by atoms with Crippen LogP contribution in [-0.2, 0) is 11.3 Å². The molecule has 24 heavy (non-hydrogen) atoms. The van der Waals surface area contributed by atoms with E-state index in [0.717, 1.165) is 38.4 Å². The largest absolute Gasteiger partial charge is 0.379 e. The van der Waals surface area contributed by atoms with Crippen LogP contribution in [0.25, 0.3) is 11.0 Å². The number of nitrogens with zero attached hydrogens (tertiary/aromatic N) is 2. The monoisotopic (exact) mass is 350 g/mol. The molecule has 6 heteroatoms. The Labute approximate surface area is 149 Å². The Morgan fingerprint density at radius 2 is 2.21 bits per heavy atom. The standard InChI is InChI=1S/C18H26N4O.ClH/c1-2-7-18-16(5-1)21-13-22(18)10-8-19-15-6-3-4-14(15)17-12-23-11-9-20-17;/h1-2,5,7,13-15,17,19-20H,3-4,6,8-12H2;1H. The number of hydrogen-bond donors (Lipinski definition) is 2. The molecule has 2 aromatic rings.